The van der Waals surface area contributed by atoms with Gasteiger partial charge in [0.15, 0.2) is 11.6 Å². The van der Waals surface area contributed by atoms with Crippen molar-refractivity contribution in [3.05, 3.63) is 106 Å². The summed E-state index contributed by atoms with van der Waals surface area (Å²) in [7, 11) is 0. The minimum Gasteiger partial charge on any atom is -0.289 e. The summed E-state index contributed by atoms with van der Waals surface area (Å²) in [5.74, 6) is -0.220. The Morgan fingerprint density at radius 3 is 1.88 bits per heavy atom. The summed E-state index contributed by atoms with van der Waals surface area (Å²) >= 11 is 0. The van der Waals surface area contributed by atoms with Gasteiger partial charge in [0.2, 0.25) is 0 Å². The van der Waals surface area contributed by atoms with Gasteiger partial charge in [-0.15, -0.1) is 0 Å². The highest BCUT2D eigenvalue weighted by atomic mass is 16.1. The van der Waals surface area contributed by atoms with E-state index < -0.39 is 0 Å². The predicted molar refractivity (Wildman–Crippen MR) is 105 cm³/mol. The maximum atomic E-state index is 13.2. The normalized spacial score (nSPS) is 10.5. The van der Waals surface area contributed by atoms with Crippen LogP contribution in [0.15, 0.2) is 72.8 Å². The highest BCUT2D eigenvalue weighted by Crippen LogP contribution is 2.22. The molecule has 0 saturated heterocycles. The van der Waals surface area contributed by atoms with Gasteiger partial charge in [-0.2, -0.15) is 0 Å². The van der Waals surface area contributed by atoms with Crippen molar-refractivity contribution in [2.75, 3.05) is 0 Å². The van der Waals surface area contributed by atoms with Gasteiger partial charge in [-0.1, -0.05) is 86.6 Å². The largest absolute Gasteiger partial charge is 0.289 e. The fraction of sp³-hybridized carbons (Fsp3) is 0.167. The molecule has 0 fully saturated rings. The summed E-state index contributed by atoms with van der Waals surface area (Å²) in [6, 6.07) is 22.1. The number of hydrogen-bond donors (Lipinski definition) is 0. The van der Waals surface area contributed by atoms with E-state index in [1.54, 1.807) is 36.4 Å². The summed E-state index contributed by atoms with van der Waals surface area (Å²) < 4.78 is 0. The molecule has 0 amide bonds. The van der Waals surface area contributed by atoms with Crippen molar-refractivity contribution in [1.82, 2.24) is 0 Å². The van der Waals surface area contributed by atoms with Crippen LogP contribution >= 0.6 is 0 Å². The van der Waals surface area contributed by atoms with Gasteiger partial charge in [0.25, 0.3) is 0 Å². The number of hydrogen-bond acceptors (Lipinski definition) is 2. The van der Waals surface area contributed by atoms with Crippen LogP contribution in [0, 0.1) is 0 Å². The lowest BCUT2D eigenvalue weighted by Crippen LogP contribution is -2.12. The molecule has 2 nitrogen and oxygen atoms in total. The van der Waals surface area contributed by atoms with Crippen LogP contribution in [0.2, 0.25) is 0 Å². The molecule has 0 radical (unpaired) electrons. The molecule has 0 N–H and O–H groups in total. The zero-order chi connectivity index (χ0) is 18.5. The zero-order valence-corrected chi connectivity index (χ0v) is 15.2. The van der Waals surface area contributed by atoms with Gasteiger partial charge in [-0.05, 0) is 24.0 Å². The van der Waals surface area contributed by atoms with Gasteiger partial charge in [0.05, 0.1) is 0 Å². The van der Waals surface area contributed by atoms with Crippen LogP contribution in [0.4, 0.5) is 0 Å². The molecule has 3 rings (SSSR count). The van der Waals surface area contributed by atoms with Crippen molar-refractivity contribution in [1.29, 1.82) is 0 Å². The molecule has 3 aromatic carbocycles. The van der Waals surface area contributed by atoms with Crippen LogP contribution in [0.25, 0.3) is 0 Å². The van der Waals surface area contributed by atoms with E-state index in [0.717, 1.165) is 18.4 Å². The fourth-order valence-electron chi connectivity index (χ4n) is 3.15. The Morgan fingerprint density at radius 1 is 0.654 bits per heavy atom. The maximum absolute atomic E-state index is 13.2. The second-order valence-corrected chi connectivity index (χ2v) is 6.27. The number of carbonyl (C=O) groups excluding carboxylic acids is 2. The molecule has 0 aliphatic carbocycles. The van der Waals surface area contributed by atoms with Gasteiger partial charge in [-0.25, -0.2) is 0 Å². The third kappa shape index (κ3) is 3.50. The monoisotopic (exact) mass is 342 g/mol. The highest BCUT2D eigenvalue weighted by molar-refractivity contribution is 6.20. The molecule has 0 aliphatic rings. The summed E-state index contributed by atoms with van der Waals surface area (Å²) in [4.78, 5) is 26.1. The molecular weight excluding hydrogens is 320 g/mol. The Morgan fingerprint density at radius 2 is 1.27 bits per heavy atom. The molecule has 0 spiro atoms. The molecule has 0 unspecified atom stereocenters. The first-order chi connectivity index (χ1) is 12.7. The minimum atomic E-state index is -0.127. The van der Waals surface area contributed by atoms with Gasteiger partial charge in [0.1, 0.15) is 0 Å². The summed E-state index contributed by atoms with van der Waals surface area (Å²) in [6.07, 6.45) is 1.72. The van der Waals surface area contributed by atoms with Crippen LogP contribution in [0.3, 0.4) is 0 Å². The van der Waals surface area contributed by atoms with Crippen molar-refractivity contribution in [2.45, 2.75) is 26.7 Å². The average molecular weight is 342 g/mol. The van der Waals surface area contributed by atoms with Gasteiger partial charge < -0.3 is 0 Å². The quantitative estimate of drug-likeness (QED) is 0.572. The van der Waals surface area contributed by atoms with Gasteiger partial charge >= 0.3 is 0 Å². The number of carbonyl (C=O) groups is 2. The molecule has 0 atom stereocenters. The van der Waals surface area contributed by atoms with Gasteiger partial charge in [-0.3, -0.25) is 9.59 Å². The van der Waals surface area contributed by atoms with Crippen LogP contribution in [-0.4, -0.2) is 11.6 Å². The topological polar surface area (TPSA) is 34.1 Å². The Hall–Kier alpha value is -3.00. The average Bonchev–Trinajstić information content (AvgIpc) is 2.72. The fourth-order valence-corrected chi connectivity index (χ4v) is 3.15. The van der Waals surface area contributed by atoms with E-state index in [1.807, 2.05) is 37.3 Å². The van der Waals surface area contributed by atoms with Crippen LogP contribution < -0.4 is 0 Å². The van der Waals surface area contributed by atoms with Crippen LogP contribution in [0.5, 0.6) is 0 Å². The van der Waals surface area contributed by atoms with E-state index in [9.17, 15) is 9.59 Å². The summed E-state index contributed by atoms with van der Waals surface area (Å²) in [6.45, 7) is 4.15. The molecule has 3 aromatic rings. The minimum absolute atomic E-state index is 0.0932. The number of aryl methyl sites for hydroxylation is 2. The first-order valence-corrected chi connectivity index (χ1v) is 9.01. The van der Waals surface area contributed by atoms with Gasteiger partial charge in [0, 0.05) is 22.3 Å². The second kappa shape index (κ2) is 7.92. The molecular formula is C24H22O2. The van der Waals surface area contributed by atoms with Crippen molar-refractivity contribution in [3.63, 3.8) is 0 Å². The molecule has 2 heteroatoms. The second-order valence-electron chi connectivity index (χ2n) is 6.27. The summed E-state index contributed by atoms with van der Waals surface area (Å²) in [5.41, 5.74) is 4.41. The Balaban J connectivity index is 2.06. The Labute approximate surface area is 154 Å². The maximum Gasteiger partial charge on any atom is 0.194 e. The molecule has 0 heterocycles. The number of rotatable bonds is 6. The Kier molecular flexibility index (Phi) is 5.43. The van der Waals surface area contributed by atoms with E-state index in [2.05, 4.69) is 13.0 Å². The van der Waals surface area contributed by atoms with Crippen molar-refractivity contribution in [2.24, 2.45) is 0 Å². The number of ketones is 2. The summed E-state index contributed by atoms with van der Waals surface area (Å²) in [5, 5.41) is 0. The van der Waals surface area contributed by atoms with E-state index in [1.165, 1.54) is 5.56 Å². The van der Waals surface area contributed by atoms with Crippen molar-refractivity contribution in [3.8, 4) is 0 Å². The highest BCUT2D eigenvalue weighted by Gasteiger charge is 2.20. The van der Waals surface area contributed by atoms with E-state index >= 15 is 0 Å². The van der Waals surface area contributed by atoms with Crippen molar-refractivity contribution >= 4 is 11.6 Å². The lowest BCUT2D eigenvalue weighted by molar-refractivity contribution is 0.100. The standard InChI is InChI=1S/C24H22O2/c1-3-17-14-15-20(18(4-2)16-17)24(26)22-13-9-8-12-21(22)23(25)19-10-6-5-7-11-19/h5-16H,3-4H2,1-2H3. The lowest BCUT2D eigenvalue weighted by atomic mass is 9.90. The molecule has 26 heavy (non-hydrogen) atoms. The lowest BCUT2D eigenvalue weighted by Gasteiger charge is -2.12. The molecule has 0 saturated carbocycles. The molecule has 0 aromatic heterocycles. The molecule has 0 aliphatic heterocycles. The van der Waals surface area contributed by atoms with Crippen LogP contribution in [0.1, 0.15) is 56.8 Å². The Bertz CT molecular complexity index is 939. The molecule has 0 bridgehead atoms. The third-order valence-electron chi connectivity index (χ3n) is 4.66. The van der Waals surface area contributed by atoms with Crippen molar-refractivity contribution < 1.29 is 9.59 Å². The smallest absolute Gasteiger partial charge is 0.194 e. The van der Waals surface area contributed by atoms with E-state index in [-0.39, 0.29) is 11.6 Å². The van der Waals surface area contributed by atoms with Crippen LogP contribution in [-0.2, 0) is 12.8 Å². The first kappa shape index (κ1) is 17.8. The SMILES string of the molecule is CCc1ccc(C(=O)c2ccccc2C(=O)c2ccccc2)c(CC)c1. The molecule has 130 valence electrons. The third-order valence-corrected chi connectivity index (χ3v) is 4.66. The van der Waals surface area contributed by atoms with E-state index in [0.29, 0.717) is 22.3 Å². The van der Waals surface area contributed by atoms with E-state index in [4.69, 9.17) is 0 Å². The first-order valence-electron chi connectivity index (χ1n) is 9.01. The number of benzene rings is 3. The zero-order valence-electron chi connectivity index (χ0n) is 15.2. The predicted octanol–water partition coefficient (Wildman–Crippen LogP) is 5.27.